The highest BCUT2D eigenvalue weighted by Gasteiger charge is 2.54. The van der Waals surface area contributed by atoms with Crippen molar-refractivity contribution in [1.29, 1.82) is 0 Å². The molecular formula is C65H91F3N8O16S4. The summed E-state index contributed by atoms with van der Waals surface area (Å²) < 4.78 is 190. The Morgan fingerprint density at radius 2 is 0.750 bits per heavy atom. The molecule has 96 heavy (non-hydrogen) atoms. The summed E-state index contributed by atoms with van der Waals surface area (Å²) in [5, 5.41) is 3.15. The molecule has 4 aromatic rings. The van der Waals surface area contributed by atoms with Crippen molar-refractivity contribution in [3.05, 3.63) is 110 Å². The molecule has 13 rings (SSSR count). The number of alkyl halides is 3. The van der Waals surface area contributed by atoms with Crippen LogP contribution in [-0.2, 0) is 59.0 Å². The third-order valence-electron chi connectivity index (χ3n) is 19.4. The topological polar surface area (TPSA) is 245 Å². The van der Waals surface area contributed by atoms with Crippen molar-refractivity contribution in [1.82, 2.24) is 37.2 Å². The van der Waals surface area contributed by atoms with Crippen LogP contribution in [0.25, 0.3) is 0 Å². The largest absolute Gasteiger partial charge is 0.573 e. The van der Waals surface area contributed by atoms with Crippen molar-refractivity contribution in [3.8, 4) is 23.0 Å². The fourth-order valence-corrected chi connectivity index (χ4v) is 20.8. The van der Waals surface area contributed by atoms with E-state index in [4.69, 9.17) is 33.2 Å². The fourth-order valence-electron chi connectivity index (χ4n) is 13.9. The van der Waals surface area contributed by atoms with Gasteiger partial charge in [-0.25, -0.2) is 33.7 Å². The van der Waals surface area contributed by atoms with Gasteiger partial charge in [-0.3, -0.25) is 4.90 Å². The van der Waals surface area contributed by atoms with Gasteiger partial charge in [-0.1, -0.05) is 13.0 Å². The molecule has 0 bridgehead atoms. The van der Waals surface area contributed by atoms with Crippen LogP contribution in [0, 0.1) is 5.92 Å². The highest BCUT2D eigenvalue weighted by molar-refractivity contribution is 7.90. The van der Waals surface area contributed by atoms with Crippen molar-refractivity contribution in [3.63, 3.8) is 0 Å². The van der Waals surface area contributed by atoms with Crippen LogP contribution in [0.5, 0.6) is 23.0 Å². The second-order valence-electron chi connectivity index (χ2n) is 25.1. The van der Waals surface area contributed by atoms with E-state index < -0.39 is 75.1 Å². The maximum absolute atomic E-state index is 13.2. The van der Waals surface area contributed by atoms with Crippen LogP contribution < -0.4 is 24.3 Å². The zero-order chi connectivity index (χ0) is 68.6. The van der Waals surface area contributed by atoms with Gasteiger partial charge in [-0.05, 0) is 135 Å². The zero-order valence-electron chi connectivity index (χ0n) is 55.0. The van der Waals surface area contributed by atoms with E-state index >= 15 is 0 Å². The smallest absolute Gasteiger partial charge is 0.497 e. The zero-order valence-corrected chi connectivity index (χ0v) is 58.3. The average molecular weight is 1430 g/mol. The lowest BCUT2D eigenvalue weighted by Crippen LogP contribution is -2.55. The van der Waals surface area contributed by atoms with Gasteiger partial charge in [0.15, 0.2) is 0 Å². The lowest BCUT2D eigenvalue weighted by atomic mass is 10.0. The lowest BCUT2D eigenvalue weighted by molar-refractivity contribution is -0.274. The molecule has 0 unspecified atom stereocenters. The number of halogens is 3. The highest BCUT2D eigenvalue weighted by Crippen LogP contribution is 2.43. The van der Waals surface area contributed by atoms with Crippen molar-refractivity contribution in [2.45, 2.75) is 120 Å². The van der Waals surface area contributed by atoms with Gasteiger partial charge in [-0.2, -0.15) is 17.2 Å². The predicted molar refractivity (Wildman–Crippen MR) is 350 cm³/mol. The Kier molecular flexibility index (Phi) is 23.6. The molecule has 1 saturated carbocycles. The van der Waals surface area contributed by atoms with Gasteiger partial charge in [0, 0.05) is 130 Å². The number of methoxy groups -OCH3 is 3. The third-order valence-corrected chi connectivity index (χ3v) is 27.3. The van der Waals surface area contributed by atoms with Crippen LogP contribution in [-0.4, -0.2) is 241 Å². The second-order valence-corrected chi connectivity index (χ2v) is 32.5. The molecule has 0 atom stereocenters. The number of nitrogens with zero attached hydrogens (tertiary/aromatic N) is 7. The second kappa shape index (κ2) is 30.8. The van der Waals surface area contributed by atoms with E-state index in [9.17, 15) is 46.8 Å². The maximum Gasteiger partial charge on any atom is 0.573 e. The molecule has 4 spiro atoms. The van der Waals surface area contributed by atoms with Crippen LogP contribution in [0.15, 0.2) is 129 Å². The van der Waals surface area contributed by atoms with E-state index in [1.54, 1.807) is 107 Å². The predicted octanol–water partition coefficient (Wildman–Crippen LogP) is 6.83. The van der Waals surface area contributed by atoms with Crippen LogP contribution in [0.3, 0.4) is 0 Å². The lowest BCUT2D eigenvalue weighted by Gasteiger charge is -2.43. The van der Waals surface area contributed by atoms with E-state index in [0.717, 1.165) is 115 Å². The molecule has 8 aliphatic heterocycles. The molecule has 8 saturated heterocycles. The summed E-state index contributed by atoms with van der Waals surface area (Å²) in [6.07, 6.45) is 5.08. The summed E-state index contributed by atoms with van der Waals surface area (Å²) in [6.45, 7) is 18.4. The van der Waals surface area contributed by atoms with Crippen LogP contribution in [0.4, 0.5) is 13.2 Å². The first-order valence-electron chi connectivity index (χ1n) is 32.7. The van der Waals surface area contributed by atoms with E-state index in [-0.39, 0.29) is 16.3 Å². The molecule has 0 aromatic heterocycles. The Morgan fingerprint density at radius 1 is 0.458 bits per heavy atom. The molecule has 24 nitrogen and oxygen atoms in total. The molecule has 0 radical (unpaired) electrons. The van der Waals surface area contributed by atoms with Crippen LogP contribution in [0.1, 0.15) is 71.1 Å². The van der Waals surface area contributed by atoms with Gasteiger partial charge in [0.2, 0.25) is 40.1 Å². The molecule has 1 aliphatic carbocycles. The molecule has 9 aliphatic rings. The summed E-state index contributed by atoms with van der Waals surface area (Å²) in [6, 6.07) is 23.9. The molecule has 0 amide bonds. The first-order valence-corrected chi connectivity index (χ1v) is 38.5. The molecular weight excluding hydrogens is 1330 g/mol. The molecule has 31 heteroatoms. The van der Waals surface area contributed by atoms with Gasteiger partial charge in [0.1, 0.15) is 45.9 Å². The van der Waals surface area contributed by atoms with Gasteiger partial charge in [0.25, 0.3) is 0 Å². The van der Waals surface area contributed by atoms with E-state index in [2.05, 4.69) is 38.3 Å². The Balaban J connectivity index is 0.000000139. The molecule has 4 aromatic carbocycles. The highest BCUT2D eigenvalue weighted by atomic mass is 32.2. The molecule has 8 heterocycles. The fraction of sp³-hybridized carbons (Fsp3) is 0.600. The van der Waals surface area contributed by atoms with Crippen molar-refractivity contribution in [2.75, 3.05) is 146 Å². The molecule has 9 fully saturated rings. The minimum absolute atomic E-state index is 0.0829. The first-order chi connectivity index (χ1) is 45.8. The number of benzene rings is 4. The normalized spacial score (nSPS) is 22.8. The number of nitrogens with one attached hydrogen (secondary N) is 1. The quantitative estimate of drug-likeness (QED) is 0.106. The Morgan fingerprint density at radius 3 is 1.03 bits per heavy atom. The van der Waals surface area contributed by atoms with Crippen molar-refractivity contribution < 1.29 is 84.7 Å². The number of hydrogen-bond acceptors (Lipinski definition) is 20. The summed E-state index contributed by atoms with van der Waals surface area (Å²) in [5.41, 5.74) is -2.93. The standard InChI is InChI=1S/C18H26N2O4S.C17H24N2O4S.C16H24N2O4S.C14H17F3N2O4S/c1-23-16-4-6-17(7-5-16)25(21,22)20-12-13-24-18(20)8-10-19(11-9-18)14-15-2-3-15;1-3-10-18-11-8-17(9-12-18)19(13-14-23-17)24(20,21)16-6-4-15(22-2)5-7-16;1-3-17-10-8-16(9-11-17)18(12-13-22-16)23(19,20)15-6-4-14(21-2)5-7-15;15-14(16,17)23-11-1-3-12(4-2-11)24(20,21)19-9-10-22-13(19)5-7-18-8-6-13/h4-7,15H,2-3,8-14H2,1H3;3-7H,1,8-14H2,2H3;4-7H,3,8-13H2,1-2H3;1-4,18H,5-10H2. The number of hydrogen-bond donors (Lipinski definition) is 1. The van der Waals surface area contributed by atoms with E-state index in [1.807, 2.05) is 6.08 Å². The number of piperidine rings is 4. The minimum Gasteiger partial charge on any atom is -0.497 e. The van der Waals surface area contributed by atoms with Crippen LogP contribution >= 0.6 is 0 Å². The SMILES string of the molecule is C=CCN1CCC2(CC1)OCCN2S(=O)(=O)c1ccc(OC)cc1.CCN1CCC2(CC1)OCCN2S(=O)(=O)c1ccc(OC)cc1.COc1ccc(S(=O)(=O)N2CCOC23CCN(CC2CC2)CC3)cc1.O=S(=O)(c1ccc(OC(F)(F)F)cc1)N1CCOC12CCNCC2. The maximum atomic E-state index is 13.2. The summed E-state index contributed by atoms with van der Waals surface area (Å²) >= 11 is 0. The van der Waals surface area contributed by atoms with Gasteiger partial charge in [0.05, 0.1) is 67.3 Å². The summed E-state index contributed by atoms with van der Waals surface area (Å²) in [5.74, 6) is 2.33. The number of rotatable bonds is 17. The average Bonchev–Trinajstić information content (AvgIpc) is 1.53. The number of likely N-dealkylation sites (tertiary alicyclic amines) is 3. The third kappa shape index (κ3) is 16.5. The molecule has 532 valence electrons. The van der Waals surface area contributed by atoms with Crippen LogP contribution in [0.2, 0.25) is 0 Å². The van der Waals surface area contributed by atoms with Crippen molar-refractivity contribution >= 4 is 40.1 Å². The van der Waals surface area contributed by atoms with E-state index in [1.165, 1.54) is 17.1 Å². The minimum atomic E-state index is -4.82. The number of sulfonamides is 4. The van der Waals surface area contributed by atoms with Crippen molar-refractivity contribution in [2.24, 2.45) is 5.92 Å². The van der Waals surface area contributed by atoms with E-state index in [0.29, 0.717) is 112 Å². The number of ether oxygens (including phenoxy) is 8. The Hall–Kier alpha value is -5.07. The Bertz CT molecular complexity index is 3680. The summed E-state index contributed by atoms with van der Waals surface area (Å²) in [4.78, 5) is 7.84. The monoisotopic (exact) mass is 1420 g/mol. The van der Waals surface area contributed by atoms with Gasteiger partial charge >= 0.3 is 6.36 Å². The first kappa shape index (κ1) is 73.6. The Labute approximate surface area is 563 Å². The molecule has 1 N–H and O–H groups in total. The summed E-state index contributed by atoms with van der Waals surface area (Å²) in [7, 11) is -9.88. The van der Waals surface area contributed by atoms with Gasteiger partial charge < -0.3 is 53.0 Å². The van der Waals surface area contributed by atoms with Gasteiger partial charge in [-0.15, -0.1) is 19.8 Å².